The van der Waals surface area contributed by atoms with Crippen molar-refractivity contribution in [1.29, 1.82) is 5.26 Å². The summed E-state index contributed by atoms with van der Waals surface area (Å²) in [4.78, 5) is 0. The Kier molecular flexibility index (Phi) is 3.07. The number of rotatable bonds is 2. The van der Waals surface area contributed by atoms with E-state index in [1.165, 1.54) is 0 Å². The second-order valence-electron chi connectivity index (χ2n) is 3.53. The smallest absolute Gasteiger partial charge is 0.139 e. The molecule has 2 aromatic rings. The fourth-order valence-electron chi connectivity index (χ4n) is 1.54. The molecule has 0 fully saturated rings. The van der Waals surface area contributed by atoms with E-state index in [-0.39, 0.29) is 0 Å². The van der Waals surface area contributed by atoms with Gasteiger partial charge in [0.1, 0.15) is 11.8 Å². The van der Waals surface area contributed by atoms with Crippen molar-refractivity contribution in [2.45, 2.75) is 13.5 Å². The largest absolute Gasteiger partial charge is 0.250 e. The summed E-state index contributed by atoms with van der Waals surface area (Å²) in [5, 5.41) is 13.2. The van der Waals surface area contributed by atoms with E-state index in [0.29, 0.717) is 12.2 Å². The first-order chi connectivity index (χ1) is 7.70. The van der Waals surface area contributed by atoms with E-state index < -0.39 is 0 Å². The number of nitrogens with zero attached hydrogens (tertiary/aromatic N) is 3. The average Bonchev–Trinajstić information content (AvgIpc) is 2.62. The van der Waals surface area contributed by atoms with Crippen LogP contribution in [-0.2, 0) is 6.54 Å². The van der Waals surface area contributed by atoms with Gasteiger partial charge in [0, 0.05) is 4.47 Å². The lowest BCUT2D eigenvalue weighted by molar-refractivity contribution is 0.669. The molecule has 1 aromatic heterocycles. The summed E-state index contributed by atoms with van der Waals surface area (Å²) in [6.45, 7) is 2.50. The molecule has 0 spiro atoms. The highest BCUT2D eigenvalue weighted by molar-refractivity contribution is 9.10. The van der Waals surface area contributed by atoms with Gasteiger partial charge in [-0.3, -0.25) is 4.68 Å². The van der Waals surface area contributed by atoms with Gasteiger partial charge in [-0.2, -0.15) is 10.4 Å². The molecule has 0 radical (unpaired) electrons. The first-order valence-corrected chi connectivity index (χ1v) is 5.68. The Labute approximate surface area is 102 Å². The van der Waals surface area contributed by atoms with Crippen LogP contribution in [0.1, 0.15) is 17.0 Å². The van der Waals surface area contributed by atoms with Crippen LogP contribution in [0.3, 0.4) is 0 Å². The van der Waals surface area contributed by atoms with Gasteiger partial charge in [0.05, 0.1) is 12.2 Å². The van der Waals surface area contributed by atoms with E-state index in [2.05, 4.69) is 27.1 Å². The van der Waals surface area contributed by atoms with Crippen molar-refractivity contribution in [3.8, 4) is 6.07 Å². The summed E-state index contributed by atoms with van der Waals surface area (Å²) in [5.41, 5.74) is 2.57. The summed E-state index contributed by atoms with van der Waals surface area (Å²) in [7, 11) is 0. The monoisotopic (exact) mass is 275 g/mol. The standard InChI is InChI=1S/C12H10BrN3/c1-9-6-11(7-14)16(15-9)8-10-4-2-3-5-12(10)13/h2-6H,8H2,1H3. The summed E-state index contributed by atoms with van der Waals surface area (Å²) >= 11 is 3.48. The lowest BCUT2D eigenvalue weighted by Gasteiger charge is -2.05. The molecule has 0 bridgehead atoms. The fourth-order valence-corrected chi connectivity index (χ4v) is 1.95. The molecule has 0 atom stereocenters. The highest BCUT2D eigenvalue weighted by atomic mass is 79.9. The second kappa shape index (κ2) is 4.50. The molecular formula is C12H10BrN3. The Morgan fingerprint density at radius 1 is 1.44 bits per heavy atom. The average molecular weight is 276 g/mol. The normalized spacial score (nSPS) is 10.1. The van der Waals surface area contributed by atoms with Crippen LogP contribution in [0.15, 0.2) is 34.8 Å². The van der Waals surface area contributed by atoms with Crippen LogP contribution >= 0.6 is 15.9 Å². The van der Waals surface area contributed by atoms with Gasteiger partial charge in [-0.1, -0.05) is 34.1 Å². The molecule has 0 unspecified atom stereocenters. The third kappa shape index (κ3) is 2.15. The van der Waals surface area contributed by atoms with Gasteiger partial charge in [-0.25, -0.2) is 0 Å². The SMILES string of the molecule is Cc1cc(C#N)n(Cc2ccccc2Br)n1. The number of halogens is 1. The Bertz CT molecular complexity index is 552. The van der Waals surface area contributed by atoms with Crippen molar-refractivity contribution in [2.75, 3.05) is 0 Å². The minimum atomic E-state index is 0.591. The van der Waals surface area contributed by atoms with Crippen LogP contribution < -0.4 is 0 Å². The fraction of sp³-hybridized carbons (Fsp3) is 0.167. The Hall–Kier alpha value is -1.60. The van der Waals surface area contributed by atoms with Crippen molar-refractivity contribution in [3.63, 3.8) is 0 Å². The highest BCUT2D eigenvalue weighted by Gasteiger charge is 2.06. The molecule has 0 saturated heterocycles. The number of nitriles is 1. The predicted molar refractivity (Wildman–Crippen MR) is 64.9 cm³/mol. The zero-order valence-electron chi connectivity index (χ0n) is 8.81. The zero-order valence-corrected chi connectivity index (χ0v) is 10.4. The topological polar surface area (TPSA) is 41.6 Å². The molecule has 0 aliphatic rings. The molecule has 16 heavy (non-hydrogen) atoms. The molecule has 0 N–H and O–H groups in total. The molecule has 80 valence electrons. The molecule has 1 heterocycles. The summed E-state index contributed by atoms with van der Waals surface area (Å²) in [6, 6.07) is 11.9. The van der Waals surface area contributed by atoms with Crippen molar-refractivity contribution in [3.05, 3.63) is 51.8 Å². The van der Waals surface area contributed by atoms with Gasteiger partial charge >= 0.3 is 0 Å². The van der Waals surface area contributed by atoms with Crippen molar-refractivity contribution >= 4 is 15.9 Å². The zero-order chi connectivity index (χ0) is 11.5. The van der Waals surface area contributed by atoms with E-state index in [1.807, 2.05) is 31.2 Å². The van der Waals surface area contributed by atoms with Crippen LogP contribution in [0.5, 0.6) is 0 Å². The van der Waals surface area contributed by atoms with E-state index in [1.54, 1.807) is 10.7 Å². The van der Waals surface area contributed by atoms with Gasteiger partial charge in [0.25, 0.3) is 0 Å². The third-order valence-electron chi connectivity index (χ3n) is 2.29. The summed E-state index contributed by atoms with van der Waals surface area (Å²) < 4.78 is 2.75. The lowest BCUT2D eigenvalue weighted by Crippen LogP contribution is -2.04. The maximum absolute atomic E-state index is 8.96. The molecule has 0 saturated carbocycles. The highest BCUT2D eigenvalue weighted by Crippen LogP contribution is 2.17. The van der Waals surface area contributed by atoms with Crippen LogP contribution in [0, 0.1) is 18.3 Å². The lowest BCUT2D eigenvalue weighted by atomic mass is 10.2. The van der Waals surface area contributed by atoms with Crippen molar-refractivity contribution in [1.82, 2.24) is 9.78 Å². The molecule has 4 heteroatoms. The van der Waals surface area contributed by atoms with Gasteiger partial charge in [-0.15, -0.1) is 0 Å². The summed E-state index contributed by atoms with van der Waals surface area (Å²) in [6.07, 6.45) is 0. The number of aryl methyl sites for hydroxylation is 1. The van der Waals surface area contributed by atoms with Gasteiger partial charge in [0.2, 0.25) is 0 Å². The Morgan fingerprint density at radius 2 is 2.19 bits per heavy atom. The van der Waals surface area contributed by atoms with E-state index in [0.717, 1.165) is 15.7 Å². The van der Waals surface area contributed by atoms with Gasteiger partial charge in [-0.05, 0) is 24.6 Å². The maximum Gasteiger partial charge on any atom is 0.139 e. The predicted octanol–water partition coefficient (Wildman–Crippen LogP) is 2.87. The minimum Gasteiger partial charge on any atom is -0.250 e. The quantitative estimate of drug-likeness (QED) is 0.846. The van der Waals surface area contributed by atoms with E-state index >= 15 is 0 Å². The Morgan fingerprint density at radius 3 is 2.88 bits per heavy atom. The number of aromatic nitrogens is 2. The maximum atomic E-state index is 8.96. The molecular weight excluding hydrogens is 266 g/mol. The first-order valence-electron chi connectivity index (χ1n) is 4.88. The van der Waals surface area contributed by atoms with E-state index in [4.69, 9.17) is 5.26 Å². The molecule has 1 aromatic carbocycles. The van der Waals surface area contributed by atoms with Crippen molar-refractivity contribution < 1.29 is 0 Å². The van der Waals surface area contributed by atoms with Gasteiger partial charge < -0.3 is 0 Å². The number of hydrogen-bond donors (Lipinski definition) is 0. The van der Waals surface area contributed by atoms with Crippen LogP contribution in [0.2, 0.25) is 0 Å². The van der Waals surface area contributed by atoms with Crippen LogP contribution in [-0.4, -0.2) is 9.78 Å². The third-order valence-corrected chi connectivity index (χ3v) is 3.07. The van der Waals surface area contributed by atoms with Crippen LogP contribution in [0.25, 0.3) is 0 Å². The molecule has 0 amide bonds. The number of benzene rings is 1. The molecule has 0 aliphatic heterocycles. The minimum absolute atomic E-state index is 0.591. The Balaban J connectivity index is 2.35. The number of hydrogen-bond acceptors (Lipinski definition) is 2. The molecule has 3 nitrogen and oxygen atoms in total. The first kappa shape index (κ1) is 10.9. The van der Waals surface area contributed by atoms with E-state index in [9.17, 15) is 0 Å². The second-order valence-corrected chi connectivity index (χ2v) is 4.39. The van der Waals surface area contributed by atoms with Crippen LogP contribution in [0.4, 0.5) is 0 Å². The molecule has 0 aliphatic carbocycles. The van der Waals surface area contributed by atoms with Crippen molar-refractivity contribution in [2.24, 2.45) is 0 Å². The summed E-state index contributed by atoms with van der Waals surface area (Å²) in [5.74, 6) is 0. The van der Waals surface area contributed by atoms with Gasteiger partial charge in [0.15, 0.2) is 0 Å². The molecule has 2 rings (SSSR count).